The zero-order chi connectivity index (χ0) is 24.3. The Morgan fingerprint density at radius 2 is 1.86 bits per heavy atom. The molecule has 4 rings (SSSR count). The van der Waals surface area contributed by atoms with Crippen LogP contribution in [-0.4, -0.2) is 69.8 Å². The van der Waals surface area contributed by atoms with Crippen molar-refractivity contribution in [1.29, 1.82) is 0 Å². The summed E-state index contributed by atoms with van der Waals surface area (Å²) in [5.74, 6) is 0. The standard InChI is InChI=1S/C26H35N5O2S2/c1-34-22-9-10-26-24(20-22)31(23-7-2-3-8-25(23)35-26)14-11-21-6-4-5-13-30(21)15-17-33-19-18-32-16-12-28-29-27/h2-3,7-10,20-21H,4-6,11-19H2,1H3. The van der Waals surface area contributed by atoms with Crippen molar-refractivity contribution in [3.8, 4) is 0 Å². The van der Waals surface area contributed by atoms with Gasteiger partial charge in [-0.2, -0.15) is 0 Å². The smallest absolute Gasteiger partial charge is 0.0701 e. The number of fused-ring (bicyclic) bond motifs is 2. The van der Waals surface area contributed by atoms with Crippen LogP contribution < -0.4 is 4.90 Å². The molecule has 2 aliphatic heterocycles. The van der Waals surface area contributed by atoms with Crippen LogP contribution in [0.25, 0.3) is 10.4 Å². The van der Waals surface area contributed by atoms with Crippen LogP contribution in [0.15, 0.2) is 62.3 Å². The number of anilines is 2. The van der Waals surface area contributed by atoms with E-state index in [4.69, 9.17) is 15.0 Å². The highest BCUT2D eigenvalue weighted by atomic mass is 32.2. The molecule has 1 unspecified atom stereocenters. The van der Waals surface area contributed by atoms with Crippen LogP contribution in [0.4, 0.5) is 11.4 Å². The lowest BCUT2D eigenvalue weighted by atomic mass is 9.99. The molecule has 2 aromatic carbocycles. The Hall–Kier alpha value is -1.87. The van der Waals surface area contributed by atoms with E-state index in [1.165, 1.54) is 45.3 Å². The monoisotopic (exact) mass is 513 g/mol. The fourth-order valence-corrected chi connectivity index (χ4v) is 6.30. The first-order valence-electron chi connectivity index (χ1n) is 12.4. The lowest BCUT2D eigenvalue weighted by Crippen LogP contribution is -2.43. The second-order valence-electron chi connectivity index (χ2n) is 8.71. The number of rotatable bonds is 13. The highest BCUT2D eigenvalue weighted by Gasteiger charge is 2.27. The summed E-state index contributed by atoms with van der Waals surface area (Å²) in [5.41, 5.74) is 10.9. The molecule has 2 heterocycles. The number of piperidine rings is 1. The Kier molecular flexibility index (Phi) is 10.5. The van der Waals surface area contributed by atoms with Crippen LogP contribution in [0.2, 0.25) is 0 Å². The van der Waals surface area contributed by atoms with Crippen molar-refractivity contribution < 1.29 is 9.47 Å². The predicted octanol–water partition coefficient (Wildman–Crippen LogP) is 6.60. The number of para-hydroxylation sites is 1. The summed E-state index contributed by atoms with van der Waals surface area (Å²) in [6.45, 7) is 5.78. The fourth-order valence-electron chi connectivity index (χ4n) is 4.79. The number of hydrogen-bond donors (Lipinski definition) is 0. The van der Waals surface area contributed by atoms with Crippen molar-refractivity contribution in [2.45, 2.75) is 46.4 Å². The van der Waals surface area contributed by atoms with Gasteiger partial charge in [0.05, 0.1) is 37.8 Å². The summed E-state index contributed by atoms with van der Waals surface area (Å²) in [6.07, 6.45) is 7.12. The molecular formula is C26H35N5O2S2. The summed E-state index contributed by atoms with van der Waals surface area (Å²) < 4.78 is 11.2. The molecule has 7 nitrogen and oxygen atoms in total. The molecule has 1 fully saturated rings. The maximum absolute atomic E-state index is 8.27. The van der Waals surface area contributed by atoms with E-state index < -0.39 is 0 Å². The van der Waals surface area contributed by atoms with Gasteiger partial charge in [0.15, 0.2) is 0 Å². The topological polar surface area (TPSA) is 73.7 Å². The molecule has 0 N–H and O–H groups in total. The van der Waals surface area contributed by atoms with Crippen LogP contribution in [0.1, 0.15) is 25.7 Å². The summed E-state index contributed by atoms with van der Waals surface area (Å²) in [7, 11) is 0. The highest BCUT2D eigenvalue weighted by Crippen LogP contribution is 2.49. The van der Waals surface area contributed by atoms with Crippen molar-refractivity contribution in [3.63, 3.8) is 0 Å². The van der Waals surface area contributed by atoms with E-state index in [0.717, 1.165) is 32.7 Å². The van der Waals surface area contributed by atoms with Gasteiger partial charge in [0, 0.05) is 45.3 Å². The van der Waals surface area contributed by atoms with Crippen LogP contribution in [0.3, 0.4) is 0 Å². The minimum absolute atomic E-state index is 0.370. The van der Waals surface area contributed by atoms with Crippen LogP contribution in [0.5, 0.6) is 0 Å². The number of azide groups is 1. The molecule has 1 atom stereocenters. The molecule has 9 heteroatoms. The normalized spacial score (nSPS) is 17.5. The first kappa shape index (κ1) is 26.2. The Morgan fingerprint density at radius 1 is 1.03 bits per heavy atom. The van der Waals surface area contributed by atoms with Gasteiger partial charge in [-0.05, 0) is 67.9 Å². The second-order valence-corrected chi connectivity index (χ2v) is 10.7. The molecular weight excluding hydrogens is 478 g/mol. The number of likely N-dealkylation sites (tertiary alicyclic amines) is 1. The van der Waals surface area contributed by atoms with E-state index in [-0.39, 0.29) is 0 Å². The predicted molar refractivity (Wildman–Crippen MR) is 145 cm³/mol. The molecule has 0 bridgehead atoms. The average Bonchev–Trinajstić information content (AvgIpc) is 2.90. The lowest BCUT2D eigenvalue weighted by molar-refractivity contribution is 0.0299. The largest absolute Gasteiger partial charge is 0.379 e. The van der Waals surface area contributed by atoms with Crippen molar-refractivity contribution in [3.05, 3.63) is 52.9 Å². The Morgan fingerprint density at radius 3 is 2.71 bits per heavy atom. The van der Waals surface area contributed by atoms with Crippen molar-refractivity contribution in [1.82, 2.24) is 4.90 Å². The van der Waals surface area contributed by atoms with Crippen molar-refractivity contribution in [2.75, 3.05) is 63.8 Å². The molecule has 1 saturated heterocycles. The molecule has 0 spiro atoms. The number of ether oxygens (including phenoxy) is 2. The molecule has 0 aromatic heterocycles. The minimum atomic E-state index is 0.370. The van der Waals surface area contributed by atoms with E-state index in [0.29, 0.717) is 32.4 Å². The van der Waals surface area contributed by atoms with Crippen LogP contribution in [-0.2, 0) is 9.47 Å². The summed E-state index contributed by atoms with van der Waals surface area (Å²) in [4.78, 5) is 11.9. The molecule has 188 valence electrons. The van der Waals surface area contributed by atoms with E-state index in [2.05, 4.69) is 68.5 Å². The highest BCUT2D eigenvalue weighted by molar-refractivity contribution is 8.00. The van der Waals surface area contributed by atoms with Crippen LogP contribution in [0, 0.1) is 0 Å². The van der Waals surface area contributed by atoms with Gasteiger partial charge in [0.25, 0.3) is 0 Å². The zero-order valence-corrected chi connectivity index (χ0v) is 22.1. The minimum Gasteiger partial charge on any atom is -0.379 e. The molecule has 2 aliphatic rings. The maximum atomic E-state index is 8.27. The Labute approximate surface area is 217 Å². The van der Waals surface area contributed by atoms with Crippen molar-refractivity contribution in [2.24, 2.45) is 5.11 Å². The van der Waals surface area contributed by atoms with Gasteiger partial charge in [-0.25, -0.2) is 0 Å². The number of benzene rings is 2. The van der Waals surface area contributed by atoms with Crippen molar-refractivity contribution >= 4 is 34.9 Å². The molecule has 2 aromatic rings. The summed E-state index contributed by atoms with van der Waals surface area (Å²) in [6, 6.07) is 16.2. The number of thioether (sulfide) groups is 1. The van der Waals surface area contributed by atoms with Gasteiger partial charge in [-0.15, -0.1) is 11.8 Å². The second kappa shape index (κ2) is 14.0. The molecule has 35 heavy (non-hydrogen) atoms. The average molecular weight is 514 g/mol. The first-order valence-corrected chi connectivity index (χ1v) is 14.5. The first-order chi connectivity index (χ1) is 17.3. The van der Waals surface area contributed by atoms with E-state index in [1.54, 1.807) is 11.8 Å². The quantitative estimate of drug-likeness (QED) is 0.0988. The molecule has 0 amide bonds. The van der Waals surface area contributed by atoms with E-state index in [1.807, 2.05) is 11.8 Å². The Bertz CT molecular complexity index is 1000. The summed E-state index contributed by atoms with van der Waals surface area (Å²) in [5, 5.41) is 3.46. The van der Waals surface area contributed by atoms with Gasteiger partial charge in [-0.3, -0.25) is 4.90 Å². The third-order valence-electron chi connectivity index (χ3n) is 6.56. The Balaban J connectivity index is 1.32. The fraction of sp³-hybridized carbons (Fsp3) is 0.538. The SMILES string of the molecule is CSc1ccc2c(c1)N(CCC1CCCCN1CCOCCOCCN=[N+]=[N-])c1ccccc1S2. The van der Waals surface area contributed by atoms with Crippen LogP contribution >= 0.6 is 23.5 Å². The molecule has 0 saturated carbocycles. The number of nitrogens with zero attached hydrogens (tertiary/aromatic N) is 5. The third-order valence-corrected chi connectivity index (χ3v) is 8.42. The van der Waals surface area contributed by atoms with E-state index in [9.17, 15) is 0 Å². The van der Waals surface area contributed by atoms with E-state index >= 15 is 0 Å². The van der Waals surface area contributed by atoms with Gasteiger partial charge in [0.1, 0.15) is 0 Å². The van der Waals surface area contributed by atoms with Gasteiger partial charge in [0.2, 0.25) is 0 Å². The van der Waals surface area contributed by atoms with Gasteiger partial charge in [-0.1, -0.05) is 35.4 Å². The molecule has 0 aliphatic carbocycles. The maximum Gasteiger partial charge on any atom is 0.0701 e. The summed E-state index contributed by atoms with van der Waals surface area (Å²) >= 11 is 3.69. The lowest BCUT2D eigenvalue weighted by Gasteiger charge is -2.38. The third kappa shape index (κ3) is 7.32. The van der Waals surface area contributed by atoms with Gasteiger partial charge < -0.3 is 14.4 Å². The number of hydrogen-bond acceptors (Lipinski definition) is 7. The molecule has 0 radical (unpaired) electrons. The van der Waals surface area contributed by atoms with Gasteiger partial charge >= 0.3 is 0 Å². The zero-order valence-electron chi connectivity index (χ0n) is 20.5.